The Hall–Kier alpha value is -1.50. The Balaban J connectivity index is 1.76. The molecule has 3 rings (SSSR count). The summed E-state index contributed by atoms with van der Waals surface area (Å²) in [6, 6.07) is 4.61. The molecule has 1 amide bonds. The SMILES string of the molecule is COCC(=O)N1CC[C@@H](N2CCOCC2)[C@@H]1Cc1cccnc1. The van der Waals surface area contributed by atoms with E-state index in [2.05, 4.69) is 16.0 Å². The maximum atomic E-state index is 12.4. The molecule has 2 saturated heterocycles. The summed E-state index contributed by atoms with van der Waals surface area (Å²) in [6.45, 7) is 4.40. The lowest BCUT2D eigenvalue weighted by Crippen LogP contribution is -2.51. The van der Waals surface area contributed by atoms with Gasteiger partial charge in [0.2, 0.25) is 5.91 Å². The molecule has 0 unspecified atom stereocenters. The molecule has 6 nitrogen and oxygen atoms in total. The number of methoxy groups -OCH3 is 1. The number of carbonyl (C=O) groups is 1. The van der Waals surface area contributed by atoms with Crippen molar-refractivity contribution in [2.45, 2.75) is 24.9 Å². The molecule has 0 aromatic carbocycles. The van der Waals surface area contributed by atoms with Crippen LogP contribution >= 0.6 is 0 Å². The van der Waals surface area contributed by atoms with Crippen LogP contribution in [-0.4, -0.2) is 79.3 Å². The van der Waals surface area contributed by atoms with Crippen LogP contribution in [-0.2, 0) is 20.7 Å². The van der Waals surface area contributed by atoms with Crippen molar-refractivity contribution in [2.75, 3.05) is 46.6 Å². The quantitative estimate of drug-likeness (QED) is 0.794. The van der Waals surface area contributed by atoms with Crippen molar-refractivity contribution in [3.63, 3.8) is 0 Å². The first-order valence-corrected chi connectivity index (χ1v) is 8.28. The van der Waals surface area contributed by atoms with E-state index in [1.807, 2.05) is 17.2 Å². The molecule has 2 atom stereocenters. The number of hydrogen-bond acceptors (Lipinski definition) is 5. The molecule has 1 aromatic rings. The molecule has 3 heterocycles. The first kappa shape index (κ1) is 16.4. The highest BCUT2D eigenvalue weighted by Crippen LogP contribution is 2.27. The molecule has 0 radical (unpaired) electrons. The smallest absolute Gasteiger partial charge is 0.248 e. The lowest BCUT2D eigenvalue weighted by atomic mass is 9.99. The van der Waals surface area contributed by atoms with E-state index in [9.17, 15) is 4.79 Å². The fourth-order valence-corrected chi connectivity index (χ4v) is 3.69. The van der Waals surface area contributed by atoms with E-state index in [1.54, 1.807) is 13.3 Å². The van der Waals surface area contributed by atoms with Gasteiger partial charge in [0.15, 0.2) is 0 Å². The van der Waals surface area contributed by atoms with Crippen LogP contribution in [0.3, 0.4) is 0 Å². The number of likely N-dealkylation sites (tertiary alicyclic amines) is 1. The number of nitrogens with zero attached hydrogens (tertiary/aromatic N) is 3. The van der Waals surface area contributed by atoms with Crippen molar-refractivity contribution in [3.8, 4) is 0 Å². The van der Waals surface area contributed by atoms with E-state index in [-0.39, 0.29) is 18.6 Å². The van der Waals surface area contributed by atoms with Crippen molar-refractivity contribution >= 4 is 5.91 Å². The van der Waals surface area contributed by atoms with Crippen molar-refractivity contribution in [1.29, 1.82) is 0 Å². The monoisotopic (exact) mass is 319 g/mol. The second-order valence-corrected chi connectivity index (χ2v) is 6.16. The molecule has 0 saturated carbocycles. The molecule has 2 aliphatic rings. The van der Waals surface area contributed by atoms with Gasteiger partial charge in [0.25, 0.3) is 0 Å². The van der Waals surface area contributed by atoms with E-state index in [0.717, 1.165) is 45.7 Å². The number of amides is 1. The molecule has 2 aliphatic heterocycles. The first-order chi connectivity index (χ1) is 11.3. The van der Waals surface area contributed by atoms with Crippen LogP contribution in [0.5, 0.6) is 0 Å². The molecule has 0 bridgehead atoms. The van der Waals surface area contributed by atoms with Gasteiger partial charge in [-0.05, 0) is 24.5 Å². The van der Waals surface area contributed by atoms with E-state index < -0.39 is 0 Å². The number of pyridine rings is 1. The third-order valence-electron chi connectivity index (χ3n) is 4.78. The van der Waals surface area contributed by atoms with Crippen LogP contribution in [0.4, 0.5) is 0 Å². The largest absolute Gasteiger partial charge is 0.379 e. The lowest BCUT2D eigenvalue weighted by Gasteiger charge is -2.37. The second kappa shape index (κ2) is 7.86. The van der Waals surface area contributed by atoms with Crippen molar-refractivity contribution in [3.05, 3.63) is 30.1 Å². The van der Waals surface area contributed by atoms with Crippen LogP contribution in [0.2, 0.25) is 0 Å². The number of aromatic nitrogens is 1. The molecular formula is C17H25N3O3. The Kier molecular flexibility index (Phi) is 5.59. The number of rotatable bonds is 5. The summed E-state index contributed by atoms with van der Waals surface area (Å²) in [4.78, 5) is 21.1. The van der Waals surface area contributed by atoms with E-state index in [1.165, 1.54) is 5.56 Å². The third-order valence-corrected chi connectivity index (χ3v) is 4.78. The Labute approximate surface area is 137 Å². The highest BCUT2D eigenvalue weighted by molar-refractivity contribution is 5.78. The highest BCUT2D eigenvalue weighted by Gasteiger charge is 2.40. The van der Waals surface area contributed by atoms with Gasteiger partial charge in [-0.25, -0.2) is 0 Å². The summed E-state index contributed by atoms with van der Waals surface area (Å²) >= 11 is 0. The third kappa shape index (κ3) is 3.88. The summed E-state index contributed by atoms with van der Waals surface area (Å²) in [5, 5.41) is 0. The number of carbonyl (C=O) groups excluding carboxylic acids is 1. The zero-order valence-electron chi connectivity index (χ0n) is 13.7. The number of morpholine rings is 1. The fourth-order valence-electron chi connectivity index (χ4n) is 3.69. The molecule has 23 heavy (non-hydrogen) atoms. The molecule has 2 fully saturated rings. The van der Waals surface area contributed by atoms with E-state index in [0.29, 0.717) is 6.04 Å². The first-order valence-electron chi connectivity index (χ1n) is 8.28. The zero-order valence-corrected chi connectivity index (χ0v) is 13.7. The van der Waals surface area contributed by atoms with Gasteiger partial charge in [-0.2, -0.15) is 0 Å². The summed E-state index contributed by atoms with van der Waals surface area (Å²) < 4.78 is 10.5. The van der Waals surface area contributed by atoms with Crippen LogP contribution < -0.4 is 0 Å². The Morgan fingerprint density at radius 3 is 2.91 bits per heavy atom. The molecule has 0 N–H and O–H groups in total. The van der Waals surface area contributed by atoms with Gasteiger partial charge >= 0.3 is 0 Å². The van der Waals surface area contributed by atoms with E-state index >= 15 is 0 Å². The van der Waals surface area contributed by atoms with Crippen molar-refractivity contribution in [1.82, 2.24) is 14.8 Å². The van der Waals surface area contributed by atoms with Crippen LogP contribution in [0, 0.1) is 0 Å². The highest BCUT2D eigenvalue weighted by atomic mass is 16.5. The number of ether oxygens (including phenoxy) is 2. The van der Waals surface area contributed by atoms with Gasteiger partial charge in [0.05, 0.1) is 19.3 Å². The topological polar surface area (TPSA) is 54.9 Å². The molecule has 6 heteroatoms. The molecular weight excluding hydrogens is 294 g/mol. The molecule has 126 valence electrons. The van der Waals surface area contributed by atoms with Crippen molar-refractivity contribution in [2.24, 2.45) is 0 Å². The summed E-state index contributed by atoms with van der Waals surface area (Å²) in [6.07, 6.45) is 5.53. The van der Waals surface area contributed by atoms with E-state index in [4.69, 9.17) is 9.47 Å². The van der Waals surface area contributed by atoms with Gasteiger partial charge in [0, 0.05) is 45.2 Å². The van der Waals surface area contributed by atoms with Gasteiger partial charge in [0.1, 0.15) is 6.61 Å². The van der Waals surface area contributed by atoms with Gasteiger partial charge in [-0.3, -0.25) is 14.7 Å². The van der Waals surface area contributed by atoms with Crippen LogP contribution in [0.25, 0.3) is 0 Å². The maximum absolute atomic E-state index is 12.4. The lowest BCUT2D eigenvalue weighted by molar-refractivity contribution is -0.136. The minimum atomic E-state index is 0.0807. The number of hydrogen-bond donors (Lipinski definition) is 0. The molecule has 0 spiro atoms. The Bertz CT molecular complexity index is 505. The minimum Gasteiger partial charge on any atom is -0.379 e. The van der Waals surface area contributed by atoms with Gasteiger partial charge in [-0.15, -0.1) is 0 Å². The van der Waals surface area contributed by atoms with Gasteiger partial charge < -0.3 is 14.4 Å². The predicted molar refractivity (Wildman–Crippen MR) is 86.1 cm³/mol. The fraction of sp³-hybridized carbons (Fsp3) is 0.647. The minimum absolute atomic E-state index is 0.0807. The van der Waals surface area contributed by atoms with Gasteiger partial charge in [-0.1, -0.05) is 6.07 Å². The average molecular weight is 319 g/mol. The average Bonchev–Trinajstić information content (AvgIpc) is 3.00. The van der Waals surface area contributed by atoms with Crippen LogP contribution in [0.1, 0.15) is 12.0 Å². The normalized spacial score (nSPS) is 25.7. The standard InChI is InChI=1S/C17H25N3O3/c1-22-13-17(21)20-6-4-15(19-7-9-23-10-8-19)16(20)11-14-3-2-5-18-12-14/h2-3,5,12,15-16H,4,6-11,13H2,1H3/t15-,16+/m1/s1. The predicted octanol–water partition coefficient (Wildman–Crippen LogP) is 0.572. The summed E-state index contributed by atoms with van der Waals surface area (Å²) in [5.41, 5.74) is 1.17. The summed E-state index contributed by atoms with van der Waals surface area (Å²) in [5.74, 6) is 0.0807. The summed E-state index contributed by atoms with van der Waals surface area (Å²) in [7, 11) is 1.57. The Morgan fingerprint density at radius 2 is 2.22 bits per heavy atom. The Morgan fingerprint density at radius 1 is 1.39 bits per heavy atom. The second-order valence-electron chi connectivity index (χ2n) is 6.16. The zero-order chi connectivity index (χ0) is 16.1. The molecule has 1 aromatic heterocycles. The van der Waals surface area contributed by atoms with Crippen LogP contribution in [0.15, 0.2) is 24.5 Å². The van der Waals surface area contributed by atoms with Crippen molar-refractivity contribution < 1.29 is 14.3 Å². The molecule has 0 aliphatic carbocycles. The maximum Gasteiger partial charge on any atom is 0.248 e.